The fourth-order valence-corrected chi connectivity index (χ4v) is 1.02. The van der Waals surface area contributed by atoms with E-state index < -0.39 is 0 Å². The second kappa shape index (κ2) is 3.98. The lowest BCUT2D eigenvalue weighted by molar-refractivity contribution is 0.322. The van der Waals surface area contributed by atoms with Gasteiger partial charge in [0, 0.05) is 11.8 Å². The summed E-state index contributed by atoms with van der Waals surface area (Å²) < 4.78 is 0. The number of pyridine rings is 1. The van der Waals surface area contributed by atoms with Crippen molar-refractivity contribution in [3.05, 3.63) is 23.9 Å². The van der Waals surface area contributed by atoms with Crippen molar-refractivity contribution < 1.29 is 5.21 Å². The maximum absolute atomic E-state index is 8.18. The molecule has 3 nitrogen and oxygen atoms in total. The maximum atomic E-state index is 8.18. The first kappa shape index (κ1) is 8.07. The Bertz CT molecular complexity index is 245. The first-order valence-electron chi connectivity index (χ1n) is 3.04. The molecule has 0 fully saturated rings. The number of aromatic nitrogens is 1. The van der Waals surface area contributed by atoms with E-state index in [9.17, 15) is 0 Å². The standard InChI is InChI=1S/C7H8N2OS/c1-11-7-3-2-6(4-8-7)5-9-10/h2-5,10H,1H3/b9-5+. The third-order valence-electron chi connectivity index (χ3n) is 1.18. The molecular weight excluding hydrogens is 160 g/mol. The fraction of sp³-hybridized carbons (Fsp3) is 0.143. The molecule has 0 saturated carbocycles. The van der Waals surface area contributed by atoms with Crippen molar-refractivity contribution in [3.63, 3.8) is 0 Å². The highest BCUT2D eigenvalue weighted by Gasteiger charge is 1.90. The molecule has 0 aliphatic heterocycles. The molecule has 0 spiro atoms. The van der Waals surface area contributed by atoms with Crippen LogP contribution in [0.5, 0.6) is 0 Å². The Kier molecular flexibility index (Phi) is 2.92. The summed E-state index contributed by atoms with van der Waals surface area (Å²) in [5.41, 5.74) is 0.797. The molecule has 1 heterocycles. The lowest BCUT2D eigenvalue weighted by atomic mass is 10.3. The van der Waals surface area contributed by atoms with Crippen molar-refractivity contribution in [2.24, 2.45) is 5.16 Å². The van der Waals surface area contributed by atoms with E-state index in [0.717, 1.165) is 10.6 Å². The van der Waals surface area contributed by atoms with Crippen LogP contribution in [0.2, 0.25) is 0 Å². The summed E-state index contributed by atoms with van der Waals surface area (Å²) in [6.07, 6.45) is 4.96. The predicted octanol–water partition coefficient (Wildman–Crippen LogP) is 1.61. The number of hydrogen-bond donors (Lipinski definition) is 1. The van der Waals surface area contributed by atoms with E-state index in [-0.39, 0.29) is 0 Å². The second-order valence-corrected chi connectivity index (χ2v) is 2.70. The molecule has 0 atom stereocenters. The average Bonchev–Trinajstić information content (AvgIpc) is 2.07. The van der Waals surface area contributed by atoms with E-state index in [1.54, 1.807) is 18.0 Å². The zero-order chi connectivity index (χ0) is 8.10. The van der Waals surface area contributed by atoms with Gasteiger partial charge in [-0.25, -0.2) is 4.98 Å². The number of nitrogens with zero attached hydrogens (tertiary/aromatic N) is 2. The van der Waals surface area contributed by atoms with E-state index in [4.69, 9.17) is 5.21 Å². The Hall–Kier alpha value is -1.03. The Morgan fingerprint density at radius 1 is 1.64 bits per heavy atom. The summed E-state index contributed by atoms with van der Waals surface area (Å²) in [6, 6.07) is 3.72. The number of rotatable bonds is 2. The van der Waals surface area contributed by atoms with Crippen LogP contribution >= 0.6 is 11.8 Å². The van der Waals surface area contributed by atoms with E-state index in [1.807, 2.05) is 18.4 Å². The van der Waals surface area contributed by atoms with Crippen molar-refractivity contribution in [1.29, 1.82) is 0 Å². The highest BCUT2D eigenvalue weighted by atomic mass is 32.2. The van der Waals surface area contributed by atoms with Crippen LogP contribution in [-0.4, -0.2) is 22.7 Å². The van der Waals surface area contributed by atoms with Crippen LogP contribution in [0.25, 0.3) is 0 Å². The molecule has 0 saturated heterocycles. The number of thioether (sulfide) groups is 1. The minimum absolute atomic E-state index is 0.797. The highest BCUT2D eigenvalue weighted by molar-refractivity contribution is 7.98. The van der Waals surface area contributed by atoms with E-state index in [2.05, 4.69) is 10.1 Å². The third kappa shape index (κ3) is 2.23. The van der Waals surface area contributed by atoms with Crippen LogP contribution in [0.15, 0.2) is 28.5 Å². The summed E-state index contributed by atoms with van der Waals surface area (Å²) in [5, 5.41) is 12.0. The van der Waals surface area contributed by atoms with Crippen LogP contribution in [0.1, 0.15) is 5.56 Å². The average molecular weight is 168 g/mol. The molecule has 11 heavy (non-hydrogen) atoms. The zero-order valence-corrected chi connectivity index (χ0v) is 6.88. The highest BCUT2D eigenvalue weighted by Crippen LogP contribution is 2.09. The van der Waals surface area contributed by atoms with Crippen molar-refractivity contribution in [2.45, 2.75) is 5.03 Å². The summed E-state index contributed by atoms with van der Waals surface area (Å²) in [5.74, 6) is 0. The zero-order valence-electron chi connectivity index (χ0n) is 6.06. The molecule has 0 bridgehead atoms. The molecule has 0 aromatic carbocycles. The van der Waals surface area contributed by atoms with Gasteiger partial charge in [-0.1, -0.05) is 5.16 Å². The largest absolute Gasteiger partial charge is 0.411 e. The summed E-state index contributed by atoms with van der Waals surface area (Å²) in [7, 11) is 0. The Balaban J connectivity index is 2.82. The molecule has 0 aliphatic rings. The summed E-state index contributed by atoms with van der Waals surface area (Å²) in [6.45, 7) is 0. The van der Waals surface area contributed by atoms with E-state index >= 15 is 0 Å². The molecule has 4 heteroatoms. The van der Waals surface area contributed by atoms with Gasteiger partial charge in [-0.3, -0.25) is 0 Å². The first-order valence-corrected chi connectivity index (χ1v) is 4.27. The van der Waals surface area contributed by atoms with Gasteiger partial charge in [-0.05, 0) is 18.4 Å². The normalized spacial score (nSPS) is 10.6. The second-order valence-electron chi connectivity index (χ2n) is 1.88. The van der Waals surface area contributed by atoms with Crippen molar-refractivity contribution in [2.75, 3.05) is 6.26 Å². The number of oxime groups is 1. The minimum atomic E-state index is 0.797. The van der Waals surface area contributed by atoms with Crippen molar-refractivity contribution in [3.8, 4) is 0 Å². The van der Waals surface area contributed by atoms with Gasteiger partial charge in [0.2, 0.25) is 0 Å². The van der Waals surface area contributed by atoms with Crippen LogP contribution < -0.4 is 0 Å². The molecule has 0 amide bonds. The lowest BCUT2D eigenvalue weighted by Gasteiger charge is -1.93. The van der Waals surface area contributed by atoms with Crippen LogP contribution in [0.4, 0.5) is 0 Å². The molecule has 1 aromatic rings. The smallest absolute Gasteiger partial charge is 0.0957 e. The Morgan fingerprint density at radius 3 is 2.91 bits per heavy atom. The lowest BCUT2D eigenvalue weighted by Crippen LogP contribution is -1.83. The van der Waals surface area contributed by atoms with Crippen LogP contribution in [0, 0.1) is 0 Å². The van der Waals surface area contributed by atoms with Crippen molar-refractivity contribution >= 4 is 18.0 Å². The summed E-state index contributed by atoms with van der Waals surface area (Å²) >= 11 is 1.58. The van der Waals surface area contributed by atoms with Gasteiger partial charge in [-0.15, -0.1) is 11.8 Å². The van der Waals surface area contributed by atoms with Gasteiger partial charge in [0.1, 0.15) is 0 Å². The van der Waals surface area contributed by atoms with E-state index in [1.165, 1.54) is 6.21 Å². The topological polar surface area (TPSA) is 45.5 Å². The Morgan fingerprint density at radius 2 is 2.45 bits per heavy atom. The quantitative estimate of drug-likeness (QED) is 0.316. The molecule has 1 rings (SSSR count). The van der Waals surface area contributed by atoms with Gasteiger partial charge < -0.3 is 5.21 Å². The van der Waals surface area contributed by atoms with Gasteiger partial charge in [0.05, 0.1) is 11.2 Å². The third-order valence-corrected chi connectivity index (χ3v) is 1.83. The predicted molar refractivity (Wildman–Crippen MR) is 45.4 cm³/mol. The summed E-state index contributed by atoms with van der Waals surface area (Å²) in [4.78, 5) is 4.08. The van der Waals surface area contributed by atoms with Crippen LogP contribution in [0.3, 0.4) is 0 Å². The fourth-order valence-electron chi connectivity index (χ4n) is 0.656. The Labute approximate surface area is 69.1 Å². The van der Waals surface area contributed by atoms with Gasteiger partial charge in [0.25, 0.3) is 0 Å². The molecular formula is C7H8N2OS. The molecule has 0 radical (unpaired) electrons. The molecule has 0 unspecified atom stereocenters. The monoisotopic (exact) mass is 168 g/mol. The SMILES string of the molecule is CSc1ccc(/C=N/O)cn1. The van der Waals surface area contributed by atoms with Crippen LogP contribution in [-0.2, 0) is 0 Å². The number of hydrogen-bond acceptors (Lipinski definition) is 4. The maximum Gasteiger partial charge on any atom is 0.0957 e. The van der Waals surface area contributed by atoms with Gasteiger partial charge in [-0.2, -0.15) is 0 Å². The van der Waals surface area contributed by atoms with Gasteiger partial charge in [0.15, 0.2) is 0 Å². The molecule has 1 N–H and O–H groups in total. The van der Waals surface area contributed by atoms with Crippen molar-refractivity contribution in [1.82, 2.24) is 4.98 Å². The minimum Gasteiger partial charge on any atom is -0.411 e. The molecule has 0 aliphatic carbocycles. The van der Waals surface area contributed by atoms with E-state index in [0.29, 0.717) is 0 Å². The first-order chi connectivity index (χ1) is 5.36. The van der Waals surface area contributed by atoms with Gasteiger partial charge >= 0.3 is 0 Å². The molecule has 1 aromatic heterocycles. The molecule has 58 valence electrons.